The second-order valence-electron chi connectivity index (χ2n) is 6.02. The Morgan fingerprint density at radius 1 is 1.00 bits per heavy atom. The number of nitrogens with one attached hydrogen (secondary N) is 1. The van der Waals surface area contributed by atoms with Crippen LogP contribution in [-0.2, 0) is 9.53 Å². The van der Waals surface area contributed by atoms with Crippen molar-refractivity contribution in [3.8, 4) is 0 Å². The zero-order chi connectivity index (χ0) is 18.7. The van der Waals surface area contributed by atoms with Gasteiger partial charge in [0.2, 0.25) is 11.7 Å². The lowest BCUT2D eigenvalue weighted by atomic mass is 10.1. The molecule has 0 spiro atoms. The van der Waals surface area contributed by atoms with Crippen molar-refractivity contribution in [3.05, 3.63) is 82.1 Å². The number of ether oxygens (including phenoxy) is 1. The summed E-state index contributed by atoms with van der Waals surface area (Å²) in [7, 11) is 3.18. The van der Waals surface area contributed by atoms with Gasteiger partial charge in [0.15, 0.2) is 0 Å². The first-order valence-corrected chi connectivity index (χ1v) is 8.06. The third-order valence-electron chi connectivity index (χ3n) is 3.96. The topological polar surface area (TPSA) is 79.5 Å². The number of carbonyl (C=O) groups excluding carboxylic acids is 2. The lowest BCUT2D eigenvalue weighted by molar-refractivity contribution is -0.138. The number of hydrogen-bond donors (Lipinski definition) is 1. The highest BCUT2D eigenvalue weighted by molar-refractivity contribution is 6.04. The summed E-state index contributed by atoms with van der Waals surface area (Å²) >= 11 is 0. The van der Waals surface area contributed by atoms with Crippen LogP contribution in [-0.4, -0.2) is 35.9 Å². The molecular weight excluding hydrogens is 332 g/mol. The first kappa shape index (κ1) is 17.4. The number of carbonyl (C=O) groups is 2. The van der Waals surface area contributed by atoms with E-state index in [9.17, 15) is 14.4 Å². The largest absolute Gasteiger partial charge is 0.444 e. The van der Waals surface area contributed by atoms with E-state index in [1.165, 1.54) is 11.0 Å². The Kier molecular flexibility index (Phi) is 4.84. The van der Waals surface area contributed by atoms with Crippen LogP contribution in [0.25, 0.3) is 10.9 Å². The zero-order valence-corrected chi connectivity index (χ0v) is 14.4. The fraction of sp³-hybridized carbons (Fsp3) is 0.150. The average molecular weight is 350 g/mol. The van der Waals surface area contributed by atoms with Crippen LogP contribution in [0.15, 0.2) is 65.5 Å². The number of rotatable bonds is 4. The van der Waals surface area contributed by atoms with E-state index < -0.39 is 17.6 Å². The minimum absolute atomic E-state index is 0.122. The molecule has 1 aromatic heterocycles. The number of likely N-dealkylation sites (N-methyl/N-ethyl adjacent to an activating group) is 1. The zero-order valence-electron chi connectivity index (χ0n) is 14.4. The summed E-state index contributed by atoms with van der Waals surface area (Å²) < 4.78 is 5.53. The molecule has 0 aliphatic carbocycles. The molecule has 6 heteroatoms. The molecule has 0 fully saturated rings. The summed E-state index contributed by atoms with van der Waals surface area (Å²) in [6.07, 6.45) is -1.09. The lowest BCUT2D eigenvalue weighted by Crippen LogP contribution is -2.31. The molecule has 0 bridgehead atoms. The lowest BCUT2D eigenvalue weighted by Gasteiger charge is -2.21. The minimum Gasteiger partial charge on any atom is -0.444 e. The molecule has 3 rings (SSSR count). The third kappa shape index (κ3) is 3.49. The van der Waals surface area contributed by atoms with E-state index in [1.807, 2.05) is 6.07 Å². The SMILES string of the molecule is CN(C)C(=O)C(OC(=O)c1cc(=O)[nH]c2ccccc12)c1ccccc1. The summed E-state index contributed by atoms with van der Waals surface area (Å²) in [4.78, 5) is 41.2. The Balaban J connectivity index is 2.01. The number of aromatic nitrogens is 1. The van der Waals surface area contributed by atoms with Crippen molar-refractivity contribution in [2.24, 2.45) is 0 Å². The van der Waals surface area contributed by atoms with Crippen molar-refractivity contribution >= 4 is 22.8 Å². The molecule has 1 N–H and O–H groups in total. The van der Waals surface area contributed by atoms with E-state index in [2.05, 4.69) is 4.98 Å². The molecule has 1 unspecified atom stereocenters. The molecule has 26 heavy (non-hydrogen) atoms. The van der Waals surface area contributed by atoms with Crippen molar-refractivity contribution in [1.82, 2.24) is 9.88 Å². The number of benzene rings is 2. The van der Waals surface area contributed by atoms with Gasteiger partial charge < -0.3 is 14.6 Å². The van der Waals surface area contributed by atoms with Crippen LogP contribution in [0.3, 0.4) is 0 Å². The number of pyridine rings is 1. The first-order chi connectivity index (χ1) is 12.5. The number of aromatic amines is 1. The van der Waals surface area contributed by atoms with E-state index in [1.54, 1.807) is 62.6 Å². The van der Waals surface area contributed by atoms with Crippen LogP contribution in [0.5, 0.6) is 0 Å². The van der Waals surface area contributed by atoms with E-state index in [0.29, 0.717) is 16.5 Å². The predicted octanol–water partition coefficient (Wildman–Crippen LogP) is 2.51. The van der Waals surface area contributed by atoms with Crippen LogP contribution < -0.4 is 5.56 Å². The molecule has 2 aromatic carbocycles. The number of para-hydroxylation sites is 1. The maximum atomic E-state index is 12.8. The van der Waals surface area contributed by atoms with Crippen molar-refractivity contribution in [2.75, 3.05) is 14.1 Å². The summed E-state index contributed by atoms with van der Waals surface area (Å²) in [6, 6.07) is 16.9. The molecule has 0 saturated carbocycles. The van der Waals surface area contributed by atoms with Crippen LogP contribution >= 0.6 is 0 Å². The number of H-pyrrole nitrogens is 1. The molecule has 0 radical (unpaired) electrons. The number of esters is 1. The number of amides is 1. The molecule has 3 aromatic rings. The normalized spacial score (nSPS) is 11.8. The highest BCUT2D eigenvalue weighted by Crippen LogP contribution is 2.23. The van der Waals surface area contributed by atoms with Crippen molar-refractivity contribution in [1.29, 1.82) is 0 Å². The Bertz CT molecular complexity index is 1010. The van der Waals surface area contributed by atoms with Gasteiger partial charge in [-0.2, -0.15) is 0 Å². The highest BCUT2D eigenvalue weighted by atomic mass is 16.5. The molecule has 0 saturated heterocycles. The molecule has 6 nitrogen and oxygen atoms in total. The quantitative estimate of drug-likeness (QED) is 0.733. The fourth-order valence-corrected chi connectivity index (χ4v) is 2.67. The Labute approximate surface area is 150 Å². The average Bonchev–Trinajstić information content (AvgIpc) is 2.65. The number of fused-ring (bicyclic) bond motifs is 1. The number of hydrogen-bond acceptors (Lipinski definition) is 4. The Hall–Kier alpha value is -3.41. The third-order valence-corrected chi connectivity index (χ3v) is 3.96. The maximum absolute atomic E-state index is 12.8. The maximum Gasteiger partial charge on any atom is 0.340 e. The Morgan fingerprint density at radius 2 is 1.65 bits per heavy atom. The Morgan fingerprint density at radius 3 is 2.35 bits per heavy atom. The van der Waals surface area contributed by atoms with E-state index in [4.69, 9.17) is 4.74 Å². The van der Waals surface area contributed by atoms with Gasteiger partial charge in [-0.3, -0.25) is 9.59 Å². The van der Waals surface area contributed by atoms with Gasteiger partial charge in [0.25, 0.3) is 5.91 Å². The van der Waals surface area contributed by atoms with Gasteiger partial charge in [0.1, 0.15) is 0 Å². The molecule has 132 valence electrons. The van der Waals surface area contributed by atoms with Gasteiger partial charge in [-0.25, -0.2) is 4.79 Å². The minimum atomic E-state index is -1.09. The van der Waals surface area contributed by atoms with Gasteiger partial charge >= 0.3 is 5.97 Å². The fourth-order valence-electron chi connectivity index (χ4n) is 2.67. The van der Waals surface area contributed by atoms with Crippen LogP contribution in [0.2, 0.25) is 0 Å². The first-order valence-electron chi connectivity index (χ1n) is 8.06. The molecular formula is C20H18N2O4. The van der Waals surface area contributed by atoms with Crippen molar-refractivity contribution in [2.45, 2.75) is 6.10 Å². The summed E-state index contributed by atoms with van der Waals surface area (Å²) in [6.45, 7) is 0. The second kappa shape index (κ2) is 7.23. The smallest absolute Gasteiger partial charge is 0.340 e. The van der Waals surface area contributed by atoms with Gasteiger partial charge in [0, 0.05) is 36.6 Å². The van der Waals surface area contributed by atoms with E-state index in [-0.39, 0.29) is 11.5 Å². The van der Waals surface area contributed by atoms with Gasteiger partial charge in [-0.1, -0.05) is 48.5 Å². The molecule has 1 atom stereocenters. The number of nitrogens with zero attached hydrogens (tertiary/aromatic N) is 1. The standard InChI is InChI=1S/C20H18N2O4/c1-22(2)19(24)18(13-8-4-3-5-9-13)26-20(25)15-12-17(23)21-16-11-7-6-10-14(15)16/h3-12,18H,1-2H3,(H,21,23). The molecule has 0 aliphatic heterocycles. The van der Waals surface area contributed by atoms with Crippen LogP contribution in [0.4, 0.5) is 0 Å². The summed E-state index contributed by atoms with van der Waals surface area (Å²) in [5.74, 6) is -1.09. The van der Waals surface area contributed by atoms with E-state index >= 15 is 0 Å². The summed E-state index contributed by atoms with van der Waals surface area (Å²) in [5.41, 5.74) is 0.804. The summed E-state index contributed by atoms with van der Waals surface area (Å²) in [5, 5.41) is 0.557. The van der Waals surface area contributed by atoms with Crippen LogP contribution in [0, 0.1) is 0 Å². The second-order valence-corrected chi connectivity index (χ2v) is 6.02. The van der Waals surface area contributed by atoms with Crippen molar-refractivity contribution in [3.63, 3.8) is 0 Å². The predicted molar refractivity (Wildman–Crippen MR) is 97.9 cm³/mol. The van der Waals surface area contributed by atoms with Crippen molar-refractivity contribution < 1.29 is 14.3 Å². The van der Waals surface area contributed by atoms with Gasteiger partial charge in [-0.15, -0.1) is 0 Å². The molecule has 0 aliphatic rings. The van der Waals surface area contributed by atoms with Gasteiger partial charge in [0.05, 0.1) is 5.56 Å². The van der Waals surface area contributed by atoms with Crippen LogP contribution in [0.1, 0.15) is 22.0 Å². The van der Waals surface area contributed by atoms with Gasteiger partial charge in [-0.05, 0) is 6.07 Å². The van der Waals surface area contributed by atoms with E-state index in [0.717, 1.165) is 0 Å². The monoisotopic (exact) mass is 350 g/mol. The highest BCUT2D eigenvalue weighted by Gasteiger charge is 2.27. The molecule has 1 amide bonds. The molecule has 1 heterocycles.